The number of rotatable bonds is 6. The Hall–Kier alpha value is -1.10. The first-order valence-corrected chi connectivity index (χ1v) is 4.28. The fourth-order valence-electron chi connectivity index (χ4n) is 1.23. The van der Waals surface area contributed by atoms with Gasteiger partial charge in [0.2, 0.25) is 5.91 Å². The summed E-state index contributed by atoms with van der Waals surface area (Å²) in [6.07, 6.45) is -0.128. The molecule has 1 amide bonds. The van der Waals surface area contributed by atoms with E-state index in [0.717, 1.165) is 0 Å². The summed E-state index contributed by atoms with van der Waals surface area (Å²) in [5.74, 6) is -1.58. The second kappa shape index (κ2) is 5.53. The highest BCUT2D eigenvalue weighted by atomic mass is 16.4. The lowest BCUT2D eigenvalue weighted by molar-refractivity contribution is -0.145. The maximum atomic E-state index is 10.7. The van der Waals surface area contributed by atoms with Crippen LogP contribution in [0.25, 0.3) is 0 Å². The molecule has 0 aromatic carbocycles. The van der Waals surface area contributed by atoms with Crippen LogP contribution in [0.3, 0.4) is 0 Å². The molecule has 0 spiro atoms. The zero-order valence-electron chi connectivity index (χ0n) is 7.99. The first-order valence-electron chi connectivity index (χ1n) is 4.28. The molecule has 0 saturated carbocycles. The fourth-order valence-corrected chi connectivity index (χ4v) is 1.23. The van der Waals surface area contributed by atoms with Crippen molar-refractivity contribution in [2.45, 2.75) is 26.3 Å². The fraction of sp³-hybridized carbons (Fsp3) is 0.750. The Morgan fingerprint density at radius 3 is 2.08 bits per heavy atom. The van der Waals surface area contributed by atoms with Gasteiger partial charge in [0.1, 0.15) is 6.04 Å². The lowest BCUT2D eigenvalue weighted by Crippen LogP contribution is -2.43. The molecule has 0 fully saturated rings. The van der Waals surface area contributed by atoms with Gasteiger partial charge in [0.25, 0.3) is 0 Å². The van der Waals surface area contributed by atoms with Crippen LogP contribution in [0, 0.1) is 0 Å². The second-order valence-corrected chi connectivity index (χ2v) is 2.75. The number of carbonyl (C=O) groups excluding carboxylic acids is 1. The summed E-state index contributed by atoms with van der Waals surface area (Å²) in [6, 6.07) is -0.785. The molecule has 76 valence electrons. The quantitative estimate of drug-likeness (QED) is 0.597. The van der Waals surface area contributed by atoms with E-state index in [-0.39, 0.29) is 6.42 Å². The molecule has 0 aliphatic rings. The second-order valence-electron chi connectivity index (χ2n) is 2.75. The third kappa shape index (κ3) is 3.89. The van der Waals surface area contributed by atoms with Gasteiger partial charge in [0.15, 0.2) is 0 Å². The van der Waals surface area contributed by atoms with Crippen LogP contribution in [0.5, 0.6) is 0 Å². The van der Waals surface area contributed by atoms with Crippen LogP contribution >= 0.6 is 0 Å². The van der Waals surface area contributed by atoms with Gasteiger partial charge in [-0.3, -0.25) is 14.5 Å². The van der Waals surface area contributed by atoms with Gasteiger partial charge in [-0.05, 0) is 13.1 Å². The topological polar surface area (TPSA) is 83.6 Å². The highest BCUT2D eigenvalue weighted by molar-refractivity contribution is 5.83. The molecule has 0 heterocycles. The van der Waals surface area contributed by atoms with Crippen molar-refractivity contribution in [1.29, 1.82) is 0 Å². The van der Waals surface area contributed by atoms with E-state index in [4.69, 9.17) is 10.8 Å². The van der Waals surface area contributed by atoms with E-state index < -0.39 is 17.9 Å². The molecule has 5 nitrogen and oxygen atoms in total. The Labute approximate surface area is 77.5 Å². The van der Waals surface area contributed by atoms with E-state index in [2.05, 4.69) is 0 Å². The normalized spacial score (nSPS) is 12.8. The van der Waals surface area contributed by atoms with Crippen molar-refractivity contribution in [2.24, 2.45) is 5.73 Å². The minimum Gasteiger partial charge on any atom is -0.480 e. The van der Waals surface area contributed by atoms with Crippen LogP contribution in [0.15, 0.2) is 0 Å². The average Bonchev–Trinajstić information content (AvgIpc) is 2.04. The van der Waals surface area contributed by atoms with Gasteiger partial charge < -0.3 is 10.8 Å². The number of carboxylic acids is 1. The summed E-state index contributed by atoms with van der Waals surface area (Å²) in [7, 11) is 0. The van der Waals surface area contributed by atoms with Crippen LogP contribution in [-0.2, 0) is 9.59 Å². The third-order valence-electron chi connectivity index (χ3n) is 1.93. The lowest BCUT2D eigenvalue weighted by atomic mass is 10.1. The number of amides is 1. The molecule has 0 saturated heterocycles. The minimum absolute atomic E-state index is 0.128. The molecule has 0 aromatic rings. The number of aliphatic carboxylic acids is 1. The number of carbonyl (C=O) groups is 2. The van der Waals surface area contributed by atoms with Crippen molar-refractivity contribution >= 4 is 11.9 Å². The molecule has 1 atom stereocenters. The number of primary amides is 1. The van der Waals surface area contributed by atoms with Gasteiger partial charge in [0.05, 0.1) is 6.42 Å². The summed E-state index contributed by atoms with van der Waals surface area (Å²) in [4.78, 5) is 23.0. The lowest BCUT2D eigenvalue weighted by Gasteiger charge is -2.24. The van der Waals surface area contributed by atoms with Gasteiger partial charge in [0, 0.05) is 0 Å². The van der Waals surface area contributed by atoms with Gasteiger partial charge in [-0.2, -0.15) is 0 Å². The van der Waals surface area contributed by atoms with Crippen molar-refractivity contribution in [3.05, 3.63) is 0 Å². The molecule has 0 aromatic heterocycles. The molecule has 3 N–H and O–H groups in total. The molecule has 0 radical (unpaired) electrons. The first-order chi connectivity index (χ1) is 6.02. The molecule has 13 heavy (non-hydrogen) atoms. The minimum atomic E-state index is -0.998. The predicted molar refractivity (Wildman–Crippen MR) is 48.2 cm³/mol. The van der Waals surface area contributed by atoms with Gasteiger partial charge >= 0.3 is 5.97 Å². The maximum absolute atomic E-state index is 10.7. The van der Waals surface area contributed by atoms with Gasteiger partial charge in [-0.15, -0.1) is 0 Å². The standard InChI is InChI=1S/C8H16N2O3/c1-3-10(4-2)6(8(12)13)5-7(9)11/h6H,3-5H2,1-2H3,(H2,9,11)(H,12,13). The van der Waals surface area contributed by atoms with Crippen LogP contribution in [0.2, 0.25) is 0 Å². The molecular formula is C8H16N2O3. The number of likely N-dealkylation sites (N-methyl/N-ethyl adjacent to an activating group) is 1. The molecule has 0 rings (SSSR count). The zero-order valence-corrected chi connectivity index (χ0v) is 7.99. The largest absolute Gasteiger partial charge is 0.480 e. The third-order valence-corrected chi connectivity index (χ3v) is 1.93. The number of hydrogen-bond acceptors (Lipinski definition) is 3. The van der Waals surface area contributed by atoms with E-state index in [1.54, 1.807) is 4.90 Å². The van der Waals surface area contributed by atoms with Crippen LogP contribution < -0.4 is 5.73 Å². The highest BCUT2D eigenvalue weighted by Gasteiger charge is 2.24. The van der Waals surface area contributed by atoms with Crippen LogP contribution in [-0.4, -0.2) is 41.0 Å². The summed E-state index contributed by atoms with van der Waals surface area (Å²) in [6.45, 7) is 4.89. The van der Waals surface area contributed by atoms with Gasteiger partial charge in [-0.25, -0.2) is 0 Å². The van der Waals surface area contributed by atoms with Gasteiger partial charge in [-0.1, -0.05) is 13.8 Å². The smallest absolute Gasteiger partial charge is 0.321 e. The monoisotopic (exact) mass is 188 g/mol. The number of carboxylic acid groups (broad SMARTS) is 1. The number of hydrogen-bond donors (Lipinski definition) is 2. The summed E-state index contributed by atoms with van der Waals surface area (Å²) >= 11 is 0. The van der Waals surface area contributed by atoms with Crippen molar-refractivity contribution in [3.8, 4) is 0 Å². The summed E-state index contributed by atoms with van der Waals surface area (Å²) in [5.41, 5.74) is 4.95. The molecule has 0 bridgehead atoms. The summed E-state index contributed by atoms with van der Waals surface area (Å²) < 4.78 is 0. The molecular weight excluding hydrogens is 172 g/mol. The van der Waals surface area contributed by atoms with Crippen molar-refractivity contribution < 1.29 is 14.7 Å². The predicted octanol–water partition coefficient (Wildman–Crippen LogP) is -0.343. The molecule has 0 aliphatic carbocycles. The van der Waals surface area contributed by atoms with E-state index in [0.29, 0.717) is 13.1 Å². The molecule has 0 aliphatic heterocycles. The van der Waals surface area contributed by atoms with E-state index in [1.165, 1.54) is 0 Å². The Morgan fingerprint density at radius 1 is 1.38 bits per heavy atom. The van der Waals surface area contributed by atoms with E-state index in [9.17, 15) is 9.59 Å². The maximum Gasteiger partial charge on any atom is 0.321 e. The Kier molecular flexibility index (Phi) is 5.06. The molecule has 1 unspecified atom stereocenters. The van der Waals surface area contributed by atoms with Crippen LogP contribution in [0.4, 0.5) is 0 Å². The zero-order chi connectivity index (χ0) is 10.4. The van der Waals surface area contributed by atoms with Crippen molar-refractivity contribution in [1.82, 2.24) is 4.90 Å². The Bertz CT molecular complexity index is 190. The average molecular weight is 188 g/mol. The van der Waals surface area contributed by atoms with E-state index in [1.807, 2.05) is 13.8 Å². The SMILES string of the molecule is CCN(CC)C(CC(N)=O)C(=O)O. The summed E-state index contributed by atoms with van der Waals surface area (Å²) in [5, 5.41) is 8.81. The number of nitrogens with two attached hydrogens (primary N) is 1. The Morgan fingerprint density at radius 2 is 1.85 bits per heavy atom. The van der Waals surface area contributed by atoms with Crippen molar-refractivity contribution in [2.75, 3.05) is 13.1 Å². The highest BCUT2D eigenvalue weighted by Crippen LogP contribution is 2.03. The van der Waals surface area contributed by atoms with Crippen LogP contribution in [0.1, 0.15) is 20.3 Å². The Balaban J connectivity index is 4.38. The van der Waals surface area contributed by atoms with Crippen molar-refractivity contribution in [3.63, 3.8) is 0 Å². The number of nitrogens with zero attached hydrogens (tertiary/aromatic N) is 1. The first kappa shape index (κ1) is 11.9. The van der Waals surface area contributed by atoms with E-state index >= 15 is 0 Å². The molecule has 5 heteroatoms.